The number of alkyl halides is 3. The van der Waals surface area contributed by atoms with Gasteiger partial charge < -0.3 is 10.5 Å². The maximum Gasteiger partial charge on any atom is 0.425 e. The second-order valence-electron chi connectivity index (χ2n) is 4.94. The third-order valence-electron chi connectivity index (χ3n) is 3.14. The van der Waals surface area contributed by atoms with Crippen molar-refractivity contribution in [3.63, 3.8) is 0 Å². The Morgan fingerprint density at radius 3 is 2.45 bits per heavy atom. The van der Waals surface area contributed by atoms with E-state index < -0.39 is 33.8 Å². The molecule has 1 unspecified atom stereocenters. The van der Waals surface area contributed by atoms with Crippen molar-refractivity contribution in [2.75, 3.05) is 5.73 Å². The zero-order chi connectivity index (χ0) is 15.3. The van der Waals surface area contributed by atoms with E-state index in [1.54, 1.807) is 0 Å². The number of hydrogen-bond donors (Lipinski definition) is 1. The second-order valence-corrected chi connectivity index (χ2v) is 7.41. The van der Waals surface area contributed by atoms with Crippen molar-refractivity contribution in [1.82, 2.24) is 0 Å². The van der Waals surface area contributed by atoms with Crippen LogP contribution in [0.3, 0.4) is 0 Å². The third-order valence-corrected chi connectivity index (χ3v) is 5.36. The number of anilines is 1. The minimum Gasteiger partial charge on any atom is -0.480 e. The zero-order valence-corrected chi connectivity index (χ0v) is 11.7. The summed E-state index contributed by atoms with van der Waals surface area (Å²) < 4.78 is 67.3. The van der Waals surface area contributed by atoms with Gasteiger partial charge in [0.2, 0.25) is 0 Å². The quantitative estimate of drug-likeness (QED) is 0.851. The Kier molecular flexibility index (Phi) is 3.40. The lowest BCUT2D eigenvalue weighted by atomic mass is 10.1. The molecule has 0 bridgehead atoms. The molecule has 0 radical (unpaired) electrons. The third kappa shape index (κ3) is 2.44. The lowest BCUT2D eigenvalue weighted by molar-refractivity contribution is -0.189. The van der Waals surface area contributed by atoms with Crippen molar-refractivity contribution in [3.8, 4) is 5.75 Å². The lowest BCUT2D eigenvalue weighted by Gasteiger charge is -2.13. The molecule has 0 saturated heterocycles. The molecule has 8 heteroatoms. The number of rotatable bonds is 2. The van der Waals surface area contributed by atoms with E-state index in [4.69, 9.17) is 10.5 Å². The summed E-state index contributed by atoms with van der Waals surface area (Å²) in [6.07, 6.45) is -7.09. The van der Waals surface area contributed by atoms with Crippen LogP contribution in [0.15, 0.2) is 17.0 Å². The van der Waals surface area contributed by atoms with Gasteiger partial charge >= 0.3 is 6.18 Å². The lowest BCUT2D eigenvalue weighted by Crippen LogP contribution is -2.32. The maximum atomic E-state index is 12.7. The van der Waals surface area contributed by atoms with Crippen LogP contribution in [0, 0.1) is 0 Å². The number of hydrogen-bond acceptors (Lipinski definition) is 4. The van der Waals surface area contributed by atoms with Crippen LogP contribution in [-0.2, 0) is 16.3 Å². The van der Waals surface area contributed by atoms with Crippen molar-refractivity contribution in [2.45, 2.75) is 42.7 Å². The van der Waals surface area contributed by atoms with Crippen LogP contribution in [-0.4, -0.2) is 25.9 Å². The Labute approximate surface area is 114 Å². The summed E-state index contributed by atoms with van der Waals surface area (Å²) >= 11 is 0. The van der Waals surface area contributed by atoms with Gasteiger partial charge in [0, 0.05) is 23.7 Å². The van der Waals surface area contributed by atoms with E-state index in [1.807, 2.05) is 0 Å². The van der Waals surface area contributed by atoms with E-state index in [1.165, 1.54) is 26.0 Å². The van der Waals surface area contributed by atoms with Gasteiger partial charge in [-0.05, 0) is 19.9 Å². The number of benzene rings is 1. The minimum atomic E-state index is -4.55. The summed E-state index contributed by atoms with van der Waals surface area (Å²) in [6.45, 7) is 2.92. The summed E-state index contributed by atoms with van der Waals surface area (Å²) in [5, 5.41) is -0.752. The molecule has 112 valence electrons. The van der Waals surface area contributed by atoms with E-state index in [0.717, 1.165) is 0 Å². The molecule has 0 fully saturated rings. The number of sulfone groups is 1. The molecule has 1 atom stereocenters. The van der Waals surface area contributed by atoms with Gasteiger partial charge in [-0.3, -0.25) is 0 Å². The van der Waals surface area contributed by atoms with Gasteiger partial charge in [-0.2, -0.15) is 13.2 Å². The van der Waals surface area contributed by atoms with Crippen molar-refractivity contribution < 1.29 is 26.3 Å². The van der Waals surface area contributed by atoms with Gasteiger partial charge in [0.25, 0.3) is 0 Å². The molecule has 0 saturated carbocycles. The molecule has 1 aromatic carbocycles. The Bertz CT molecular complexity index is 638. The summed E-state index contributed by atoms with van der Waals surface area (Å²) in [5.74, 6) is -0.105. The highest BCUT2D eigenvalue weighted by atomic mass is 32.2. The molecular formula is C12H14F3NO3S. The second kappa shape index (κ2) is 4.54. The molecule has 4 nitrogen and oxygen atoms in total. The average Bonchev–Trinajstić information content (AvgIpc) is 2.70. The van der Waals surface area contributed by atoms with Gasteiger partial charge in [0.1, 0.15) is 5.75 Å². The molecule has 0 aromatic heterocycles. The van der Waals surface area contributed by atoms with E-state index in [9.17, 15) is 21.6 Å². The number of halogens is 3. The Morgan fingerprint density at radius 2 is 1.95 bits per heavy atom. The highest BCUT2D eigenvalue weighted by Crippen LogP contribution is 2.41. The maximum absolute atomic E-state index is 12.7. The molecule has 2 N–H and O–H groups in total. The van der Waals surface area contributed by atoms with Crippen LogP contribution in [0.4, 0.5) is 18.9 Å². The van der Waals surface area contributed by atoms with Crippen LogP contribution in [0.2, 0.25) is 0 Å². The Hall–Kier alpha value is -1.44. The predicted molar refractivity (Wildman–Crippen MR) is 67.4 cm³/mol. The minimum absolute atomic E-state index is 0.0511. The first-order valence-corrected chi connectivity index (χ1v) is 7.47. The summed E-state index contributed by atoms with van der Waals surface area (Å²) in [6, 6.07) is 2.41. The van der Waals surface area contributed by atoms with Crippen LogP contribution in [0.1, 0.15) is 19.4 Å². The number of nitrogen functional groups attached to an aromatic ring is 1. The molecule has 1 aliphatic rings. The van der Waals surface area contributed by atoms with Crippen LogP contribution >= 0.6 is 0 Å². The molecule has 1 aromatic rings. The standard InChI is InChI=1S/C12H14F3NO3S/c1-6(2)20(17,18)10-4-7(16)3-9-8(10)5-11(19-9)12(13,14)15/h3-4,6,11H,5,16H2,1-2H3. The molecule has 2 rings (SSSR count). The first-order valence-electron chi connectivity index (χ1n) is 5.93. The molecule has 1 heterocycles. The highest BCUT2D eigenvalue weighted by Gasteiger charge is 2.47. The fourth-order valence-corrected chi connectivity index (χ4v) is 3.35. The monoisotopic (exact) mass is 309 g/mol. The number of fused-ring (bicyclic) bond motifs is 1. The zero-order valence-electron chi connectivity index (χ0n) is 10.9. The van der Waals surface area contributed by atoms with Gasteiger partial charge in [-0.25, -0.2) is 8.42 Å². The fraction of sp³-hybridized carbons (Fsp3) is 0.500. The van der Waals surface area contributed by atoms with Crippen LogP contribution < -0.4 is 10.5 Å². The van der Waals surface area contributed by atoms with E-state index >= 15 is 0 Å². The van der Waals surface area contributed by atoms with Crippen LogP contribution in [0.5, 0.6) is 5.75 Å². The Balaban J connectivity index is 2.56. The fourth-order valence-electron chi connectivity index (χ4n) is 2.02. The summed E-state index contributed by atoms with van der Waals surface area (Å²) in [5.41, 5.74) is 5.67. The molecule has 0 aliphatic carbocycles. The number of ether oxygens (including phenoxy) is 1. The number of nitrogens with two attached hydrogens (primary N) is 1. The molecule has 1 aliphatic heterocycles. The van der Waals surface area contributed by atoms with Crippen molar-refractivity contribution in [3.05, 3.63) is 17.7 Å². The molecule has 20 heavy (non-hydrogen) atoms. The Morgan fingerprint density at radius 1 is 1.35 bits per heavy atom. The van der Waals surface area contributed by atoms with Gasteiger partial charge in [-0.15, -0.1) is 0 Å². The predicted octanol–water partition coefficient (Wildman–Crippen LogP) is 2.32. The van der Waals surface area contributed by atoms with Crippen molar-refractivity contribution >= 4 is 15.5 Å². The van der Waals surface area contributed by atoms with E-state index in [2.05, 4.69) is 0 Å². The first kappa shape index (κ1) is 15.0. The SMILES string of the molecule is CC(C)S(=O)(=O)c1cc(N)cc2c1CC(C(F)(F)F)O2. The molecular weight excluding hydrogens is 295 g/mol. The van der Waals surface area contributed by atoms with Gasteiger partial charge in [0.05, 0.1) is 10.1 Å². The van der Waals surface area contributed by atoms with E-state index in [0.29, 0.717) is 0 Å². The molecule has 0 spiro atoms. The first-order chi connectivity index (χ1) is 9.03. The summed E-state index contributed by atoms with van der Waals surface area (Å²) in [4.78, 5) is -0.172. The smallest absolute Gasteiger partial charge is 0.425 e. The highest BCUT2D eigenvalue weighted by molar-refractivity contribution is 7.92. The molecule has 0 amide bonds. The van der Waals surface area contributed by atoms with Gasteiger partial charge in [-0.1, -0.05) is 0 Å². The summed E-state index contributed by atoms with van der Waals surface area (Å²) in [7, 11) is -3.72. The van der Waals surface area contributed by atoms with Gasteiger partial charge in [0.15, 0.2) is 15.9 Å². The van der Waals surface area contributed by atoms with Crippen LogP contribution in [0.25, 0.3) is 0 Å². The normalized spacial score (nSPS) is 19.0. The van der Waals surface area contributed by atoms with E-state index in [-0.39, 0.29) is 21.9 Å². The van der Waals surface area contributed by atoms with Crippen molar-refractivity contribution in [1.29, 1.82) is 0 Å². The topological polar surface area (TPSA) is 69.4 Å². The van der Waals surface area contributed by atoms with Crippen molar-refractivity contribution in [2.24, 2.45) is 0 Å². The largest absolute Gasteiger partial charge is 0.480 e. The average molecular weight is 309 g/mol.